The van der Waals surface area contributed by atoms with Gasteiger partial charge in [-0.1, -0.05) is 20.8 Å². The molecule has 1 aromatic heterocycles. The predicted molar refractivity (Wildman–Crippen MR) is 120 cm³/mol. The molecule has 2 aliphatic rings. The number of carbonyl (C=O) groups excluding carboxylic acids is 2. The monoisotopic (exact) mass is 431 g/mol. The third-order valence-electron chi connectivity index (χ3n) is 6.19. The number of rotatable bonds is 6. The molecule has 0 saturated carbocycles. The molecule has 0 spiro atoms. The third kappa shape index (κ3) is 5.53. The van der Waals surface area contributed by atoms with E-state index in [-0.39, 0.29) is 29.1 Å². The second kappa shape index (κ2) is 9.51. The second-order valence-corrected chi connectivity index (χ2v) is 9.95. The highest BCUT2D eigenvalue weighted by Gasteiger charge is 2.34. The summed E-state index contributed by atoms with van der Waals surface area (Å²) in [6.07, 6.45) is 2.20. The number of piperidine rings is 1. The maximum atomic E-state index is 12.6. The van der Waals surface area contributed by atoms with Crippen molar-refractivity contribution in [3.05, 3.63) is 17.6 Å². The predicted octanol–water partition coefficient (Wildman–Crippen LogP) is 2.26. The van der Waals surface area contributed by atoms with Crippen LogP contribution in [0.5, 0.6) is 0 Å². The summed E-state index contributed by atoms with van der Waals surface area (Å²) in [5.41, 5.74) is 0.584. The highest BCUT2D eigenvalue weighted by atomic mass is 16.5. The Labute approximate surface area is 186 Å². The molecule has 2 saturated heterocycles. The molecule has 2 fully saturated rings. The first-order chi connectivity index (χ1) is 14.6. The smallest absolute Gasteiger partial charge is 0.227 e. The van der Waals surface area contributed by atoms with Gasteiger partial charge in [0, 0.05) is 77.1 Å². The van der Waals surface area contributed by atoms with Crippen LogP contribution in [0, 0.1) is 5.41 Å². The normalized spacial score (nSPS) is 20.5. The average Bonchev–Trinajstić information content (AvgIpc) is 3.11. The van der Waals surface area contributed by atoms with Gasteiger partial charge in [0.1, 0.15) is 11.6 Å². The van der Waals surface area contributed by atoms with E-state index in [1.807, 2.05) is 55.6 Å². The molecule has 31 heavy (non-hydrogen) atoms. The fourth-order valence-corrected chi connectivity index (χ4v) is 4.30. The maximum Gasteiger partial charge on any atom is 0.227 e. The van der Waals surface area contributed by atoms with E-state index in [9.17, 15) is 9.59 Å². The van der Waals surface area contributed by atoms with Gasteiger partial charge in [-0.15, -0.1) is 0 Å². The van der Waals surface area contributed by atoms with Crippen LogP contribution >= 0.6 is 0 Å². The average molecular weight is 432 g/mol. The highest BCUT2D eigenvalue weighted by Crippen LogP contribution is 2.33. The van der Waals surface area contributed by atoms with Crippen LogP contribution < -0.4 is 4.90 Å². The number of hydrogen-bond donors (Lipinski definition) is 0. The van der Waals surface area contributed by atoms with Crippen molar-refractivity contribution in [2.45, 2.75) is 51.9 Å². The molecular formula is C23H37N5O3. The molecule has 0 aromatic carbocycles. The van der Waals surface area contributed by atoms with Crippen LogP contribution in [0.25, 0.3) is 0 Å². The zero-order chi connectivity index (χ0) is 22.8. The van der Waals surface area contributed by atoms with Gasteiger partial charge < -0.3 is 19.4 Å². The topological polar surface area (TPSA) is 78.9 Å². The van der Waals surface area contributed by atoms with Gasteiger partial charge in [-0.25, -0.2) is 9.97 Å². The largest absolute Gasteiger partial charge is 0.383 e. The minimum atomic E-state index is -0.356. The summed E-state index contributed by atoms with van der Waals surface area (Å²) in [5, 5.41) is 0. The van der Waals surface area contributed by atoms with Crippen molar-refractivity contribution in [2.24, 2.45) is 5.41 Å². The SMILES string of the molecule is COCCN1C[C@@H](c2cc(N(C)C)nc(C3CCN(C(=O)C(C)(C)C)CC3)n2)CC1=O. The summed E-state index contributed by atoms with van der Waals surface area (Å²) in [7, 11) is 5.61. The van der Waals surface area contributed by atoms with Crippen LogP contribution in [0.4, 0.5) is 5.82 Å². The molecule has 8 nitrogen and oxygen atoms in total. The van der Waals surface area contributed by atoms with Crippen LogP contribution in [0.1, 0.15) is 63.4 Å². The molecule has 1 atom stereocenters. The van der Waals surface area contributed by atoms with Crippen molar-refractivity contribution in [2.75, 3.05) is 58.9 Å². The minimum Gasteiger partial charge on any atom is -0.383 e. The summed E-state index contributed by atoms with van der Waals surface area (Å²) in [6.45, 7) is 9.20. The van der Waals surface area contributed by atoms with E-state index >= 15 is 0 Å². The van der Waals surface area contributed by atoms with Crippen molar-refractivity contribution >= 4 is 17.6 Å². The van der Waals surface area contributed by atoms with E-state index in [2.05, 4.69) is 0 Å². The standard InChI is InChI=1S/C23H37N5O3/c1-23(2,3)22(30)27-9-7-16(8-10-27)21-24-18(14-19(25-21)26(4)5)17-13-20(29)28(15-17)11-12-31-6/h14,16-17H,7-13,15H2,1-6H3/t17-/m0/s1. The first kappa shape index (κ1) is 23.4. The number of methoxy groups -OCH3 is 1. The second-order valence-electron chi connectivity index (χ2n) is 9.95. The molecule has 0 radical (unpaired) electrons. The highest BCUT2D eigenvalue weighted by molar-refractivity contribution is 5.81. The fraction of sp³-hybridized carbons (Fsp3) is 0.739. The van der Waals surface area contributed by atoms with Gasteiger partial charge in [0.05, 0.1) is 12.3 Å². The summed E-state index contributed by atoms with van der Waals surface area (Å²) >= 11 is 0. The van der Waals surface area contributed by atoms with Crippen molar-refractivity contribution in [3.63, 3.8) is 0 Å². The number of nitrogens with zero attached hydrogens (tertiary/aromatic N) is 5. The Hall–Kier alpha value is -2.22. The number of likely N-dealkylation sites (tertiary alicyclic amines) is 2. The Morgan fingerprint density at radius 3 is 2.45 bits per heavy atom. The van der Waals surface area contributed by atoms with Crippen molar-refractivity contribution in [1.29, 1.82) is 0 Å². The van der Waals surface area contributed by atoms with E-state index in [0.717, 1.165) is 43.3 Å². The van der Waals surface area contributed by atoms with E-state index in [1.165, 1.54) is 0 Å². The minimum absolute atomic E-state index is 0.0763. The lowest BCUT2D eigenvalue weighted by Gasteiger charge is -2.35. The quantitative estimate of drug-likeness (QED) is 0.687. The number of ether oxygens (including phenoxy) is 1. The number of aromatic nitrogens is 2. The number of carbonyl (C=O) groups is 2. The molecular weight excluding hydrogens is 394 g/mol. The van der Waals surface area contributed by atoms with Crippen LogP contribution in [0.3, 0.4) is 0 Å². The number of amides is 2. The van der Waals surface area contributed by atoms with Gasteiger partial charge >= 0.3 is 0 Å². The summed E-state index contributed by atoms with van der Waals surface area (Å²) in [6, 6.07) is 2.01. The number of hydrogen-bond acceptors (Lipinski definition) is 6. The van der Waals surface area contributed by atoms with E-state index < -0.39 is 0 Å². The van der Waals surface area contributed by atoms with Crippen molar-refractivity contribution in [1.82, 2.24) is 19.8 Å². The molecule has 0 N–H and O–H groups in total. The van der Waals surface area contributed by atoms with Crippen LogP contribution in [-0.2, 0) is 14.3 Å². The molecule has 2 aliphatic heterocycles. The van der Waals surface area contributed by atoms with Gasteiger partial charge in [0.25, 0.3) is 0 Å². The summed E-state index contributed by atoms with van der Waals surface area (Å²) in [4.78, 5) is 40.6. The Bertz CT molecular complexity index is 797. The third-order valence-corrected chi connectivity index (χ3v) is 6.19. The molecule has 1 aromatic rings. The molecule has 3 heterocycles. The van der Waals surface area contributed by atoms with Crippen molar-refractivity contribution in [3.8, 4) is 0 Å². The first-order valence-corrected chi connectivity index (χ1v) is 11.2. The summed E-state index contributed by atoms with van der Waals surface area (Å²) < 4.78 is 5.13. The van der Waals surface area contributed by atoms with Gasteiger partial charge in [-0.2, -0.15) is 0 Å². The van der Waals surface area contributed by atoms with E-state index in [1.54, 1.807) is 7.11 Å². The molecule has 2 amide bonds. The molecule has 0 unspecified atom stereocenters. The van der Waals surface area contributed by atoms with Crippen LogP contribution in [0.15, 0.2) is 6.07 Å². The summed E-state index contributed by atoms with van der Waals surface area (Å²) in [5.74, 6) is 2.37. The lowest BCUT2D eigenvalue weighted by atomic mass is 9.90. The lowest BCUT2D eigenvalue weighted by molar-refractivity contribution is -0.140. The zero-order valence-corrected chi connectivity index (χ0v) is 19.8. The van der Waals surface area contributed by atoms with E-state index in [0.29, 0.717) is 26.1 Å². The van der Waals surface area contributed by atoms with Gasteiger partial charge in [-0.05, 0) is 12.8 Å². The van der Waals surface area contributed by atoms with Gasteiger partial charge in [0.15, 0.2) is 0 Å². The van der Waals surface area contributed by atoms with Gasteiger partial charge in [-0.3, -0.25) is 9.59 Å². The van der Waals surface area contributed by atoms with Crippen molar-refractivity contribution < 1.29 is 14.3 Å². The fourth-order valence-electron chi connectivity index (χ4n) is 4.30. The Morgan fingerprint density at radius 1 is 1.19 bits per heavy atom. The molecule has 0 bridgehead atoms. The maximum absolute atomic E-state index is 12.6. The number of anilines is 1. The molecule has 172 valence electrons. The Balaban J connectivity index is 1.76. The Kier molecular flexibility index (Phi) is 7.19. The van der Waals surface area contributed by atoms with Crippen LogP contribution in [0.2, 0.25) is 0 Å². The first-order valence-electron chi connectivity index (χ1n) is 11.2. The zero-order valence-electron chi connectivity index (χ0n) is 19.8. The van der Waals surface area contributed by atoms with Gasteiger partial charge in [0.2, 0.25) is 11.8 Å². The molecule has 8 heteroatoms. The molecule has 3 rings (SSSR count). The molecule has 0 aliphatic carbocycles. The van der Waals surface area contributed by atoms with Crippen LogP contribution in [-0.4, -0.2) is 85.6 Å². The Morgan fingerprint density at radius 2 is 1.87 bits per heavy atom. The lowest BCUT2D eigenvalue weighted by Crippen LogP contribution is -2.44. The van der Waals surface area contributed by atoms with E-state index in [4.69, 9.17) is 14.7 Å².